The van der Waals surface area contributed by atoms with Gasteiger partial charge >= 0.3 is 0 Å². The number of amides is 2. The summed E-state index contributed by atoms with van der Waals surface area (Å²) < 4.78 is 0. The summed E-state index contributed by atoms with van der Waals surface area (Å²) in [5, 5.41) is 0. The summed E-state index contributed by atoms with van der Waals surface area (Å²) in [4.78, 5) is 24.6. The third kappa shape index (κ3) is 5.61. The van der Waals surface area contributed by atoms with E-state index in [0.29, 0.717) is 17.8 Å². The Hall–Kier alpha value is -1.75. The topological polar surface area (TPSA) is 89.4 Å². The van der Waals surface area contributed by atoms with Gasteiger partial charge in [0.25, 0.3) is 5.91 Å². The molecule has 6 heteroatoms. The smallest absolute Gasteiger partial charge is 0.254 e. The van der Waals surface area contributed by atoms with Gasteiger partial charge in [-0.25, -0.2) is 0 Å². The van der Waals surface area contributed by atoms with Crippen LogP contribution in [0.15, 0.2) is 24.3 Å². The van der Waals surface area contributed by atoms with Gasteiger partial charge in [-0.2, -0.15) is 0 Å². The number of nitrogens with zero attached hydrogens (tertiary/aromatic N) is 1. The maximum atomic E-state index is 12.2. The molecule has 0 saturated carbocycles. The first-order valence-corrected chi connectivity index (χ1v) is 5.97. The van der Waals surface area contributed by atoms with Crippen molar-refractivity contribution < 1.29 is 9.59 Å². The molecule has 0 bridgehead atoms. The molecule has 0 saturated heterocycles. The van der Waals surface area contributed by atoms with Crippen LogP contribution in [0.5, 0.6) is 0 Å². The van der Waals surface area contributed by atoms with Crippen LogP contribution in [0.3, 0.4) is 0 Å². The number of rotatable bonds is 6. The molecule has 0 heterocycles. The van der Waals surface area contributed by atoms with Crippen molar-refractivity contribution >= 4 is 29.9 Å². The van der Waals surface area contributed by atoms with E-state index in [0.717, 1.165) is 12.8 Å². The monoisotopic (exact) mass is 285 g/mol. The maximum absolute atomic E-state index is 12.2. The van der Waals surface area contributed by atoms with E-state index in [2.05, 4.69) is 0 Å². The first kappa shape index (κ1) is 17.2. The van der Waals surface area contributed by atoms with E-state index >= 15 is 0 Å². The van der Waals surface area contributed by atoms with Crippen molar-refractivity contribution in [2.24, 2.45) is 5.73 Å². The van der Waals surface area contributed by atoms with Gasteiger partial charge in [-0.05, 0) is 30.7 Å². The van der Waals surface area contributed by atoms with Gasteiger partial charge in [-0.15, -0.1) is 12.4 Å². The van der Waals surface area contributed by atoms with Crippen molar-refractivity contribution in [1.29, 1.82) is 0 Å². The summed E-state index contributed by atoms with van der Waals surface area (Å²) >= 11 is 0. The Morgan fingerprint density at radius 2 is 1.79 bits per heavy atom. The Bertz CT molecular complexity index is 420. The predicted octanol–water partition coefficient (Wildman–Crippen LogP) is 1.42. The van der Waals surface area contributed by atoms with Gasteiger partial charge in [0, 0.05) is 17.8 Å². The summed E-state index contributed by atoms with van der Waals surface area (Å²) in [6.07, 6.45) is 1.79. The van der Waals surface area contributed by atoms with E-state index < -0.39 is 5.91 Å². The first-order chi connectivity index (χ1) is 8.54. The molecule has 19 heavy (non-hydrogen) atoms. The lowest BCUT2D eigenvalue weighted by Crippen LogP contribution is -2.39. The number of primary amides is 1. The average Bonchev–Trinajstić information content (AvgIpc) is 2.34. The van der Waals surface area contributed by atoms with Crippen molar-refractivity contribution in [1.82, 2.24) is 4.90 Å². The lowest BCUT2D eigenvalue weighted by Gasteiger charge is -2.21. The molecule has 4 N–H and O–H groups in total. The van der Waals surface area contributed by atoms with Crippen LogP contribution in [0.4, 0.5) is 5.69 Å². The minimum absolute atomic E-state index is 0. The number of hydrogen-bond acceptors (Lipinski definition) is 3. The lowest BCUT2D eigenvalue weighted by atomic mass is 10.1. The molecule has 0 aliphatic heterocycles. The van der Waals surface area contributed by atoms with Crippen LogP contribution >= 0.6 is 12.4 Å². The quantitative estimate of drug-likeness (QED) is 0.775. The third-order valence-electron chi connectivity index (χ3n) is 2.57. The van der Waals surface area contributed by atoms with Crippen molar-refractivity contribution in [2.45, 2.75) is 19.8 Å². The zero-order valence-corrected chi connectivity index (χ0v) is 11.8. The molecule has 1 rings (SSSR count). The molecule has 0 unspecified atom stereocenters. The number of nitrogens with two attached hydrogens (primary N) is 2. The van der Waals surface area contributed by atoms with Crippen molar-refractivity contribution in [3.8, 4) is 0 Å². The molecule has 0 fully saturated rings. The number of anilines is 1. The molecule has 0 radical (unpaired) electrons. The Labute approximate surface area is 119 Å². The van der Waals surface area contributed by atoms with Crippen molar-refractivity contribution in [3.05, 3.63) is 29.8 Å². The fourth-order valence-electron chi connectivity index (χ4n) is 1.60. The maximum Gasteiger partial charge on any atom is 0.254 e. The predicted molar refractivity (Wildman–Crippen MR) is 78.1 cm³/mol. The fourth-order valence-corrected chi connectivity index (χ4v) is 1.60. The second kappa shape index (κ2) is 8.37. The number of hydrogen-bond donors (Lipinski definition) is 2. The van der Waals surface area contributed by atoms with Crippen molar-refractivity contribution in [3.63, 3.8) is 0 Å². The second-order valence-corrected chi connectivity index (χ2v) is 4.17. The van der Waals surface area contributed by atoms with Gasteiger partial charge in [0.15, 0.2) is 0 Å². The molecule has 0 aliphatic rings. The largest absolute Gasteiger partial charge is 0.399 e. The van der Waals surface area contributed by atoms with Crippen LogP contribution in [0.25, 0.3) is 0 Å². The molecule has 1 aromatic carbocycles. The highest BCUT2D eigenvalue weighted by Crippen LogP contribution is 2.09. The molecule has 106 valence electrons. The van der Waals surface area contributed by atoms with Crippen LogP contribution < -0.4 is 11.5 Å². The molecule has 0 atom stereocenters. The number of halogens is 1. The highest BCUT2D eigenvalue weighted by atomic mass is 35.5. The number of nitrogen functional groups attached to an aromatic ring is 1. The zero-order chi connectivity index (χ0) is 13.5. The van der Waals surface area contributed by atoms with Gasteiger partial charge < -0.3 is 16.4 Å². The first-order valence-electron chi connectivity index (χ1n) is 5.97. The van der Waals surface area contributed by atoms with E-state index in [1.165, 1.54) is 4.90 Å². The molecule has 1 aromatic rings. The molecular formula is C13H20ClN3O2. The molecule has 0 aliphatic carbocycles. The van der Waals surface area contributed by atoms with Gasteiger partial charge in [0.2, 0.25) is 5.91 Å². The molecule has 5 nitrogen and oxygen atoms in total. The van der Waals surface area contributed by atoms with Crippen LogP contribution in [0, 0.1) is 0 Å². The third-order valence-corrected chi connectivity index (χ3v) is 2.57. The fraction of sp³-hybridized carbons (Fsp3) is 0.385. The van der Waals surface area contributed by atoms with E-state index in [9.17, 15) is 9.59 Å². The Kier molecular flexibility index (Phi) is 7.60. The van der Waals surface area contributed by atoms with Crippen LogP contribution in [-0.4, -0.2) is 29.8 Å². The number of carbonyl (C=O) groups excluding carboxylic acids is 2. The second-order valence-electron chi connectivity index (χ2n) is 4.17. The van der Waals surface area contributed by atoms with Crippen molar-refractivity contribution in [2.75, 3.05) is 18.8 Å². The summed E-state index contributed by atoms with van der Waals surface area (Å²) in [6, 6.07) is 6.63. The molecule has 0 spiro atoms. The average molecular weight is 286 g/mol. The molecule has 2 amide bonds. The summed E-state index contributed by atoms with van der Waals surface area (Å²) in [6.45, 7) is 2.50. The number of unbranched alkanes of at least 4 members (excludes halogenated alkanes) is 1. The number of carbonyl (C=O) groups is 2. The Morgan fingerprint density at radius 1 is 1.21 bits per heavy atom. The highest BCUT2D eigenvalue weighted by molar-refractivity contribution is 5.96. The standard InChI is InChI=1S/C13H19N3O2.ClH/c1-2-3-8-16(9-12(15)17)13(18)10-4-6-11(14)7-5-10;/h4-7H,2-3,8-9,14H2,1H3,(H2,15,17);1H. The molecular weight excluding hydrogens is 266 g/mol. The summed E-state index contributed by atoms with van der Waals surface area (Å²) in [5.74, 6) is -0.697. The molecule has 0 aromatic heterocycles. The SMILES string of the molecule is CCCCN(CC(N)=O)C(=O)c1ccc(N)cc1.Cl. The van der Waals surface area contributed by atoms with Gasteiger partial charge in [-0.1, -0.05) is 13.3 Å². The van der Waals surface area contributed by atoms with E-state index in [4.69, 9.17) is 11.5 Å². The van der Waals surface area contributed by atoms with E-state index in [1.54, 1.807) is 24.3 Å². The van der Waals surface area contributed by atoms with Gasteiger partial charge in [-0.3, -0.25) is 9.59 Å². The highest BCUT2D eigenvalue weighted by Gasteiger charge is 2.16. The minimum Gasteiger partial charge on any atom is -0.399 e. The lowest BCUT2D eigenvalue weighted by molar-refractivity contribution is -0.118. The Morgan fingerprint density at radius 3 is 2.26 bits per heavy atom. The Balaban J connectivity index is 0.00000324. The summed E-state index contributed by atoms with van der Waals surface area (Å²) in [5.41, 5.74) is 11.8. The summed E-state index contributed by atoms with van der Waals surface area (Å²) in [7, 11) is 0. The van der Waals surface area contributed by atoms with Gasteiger partial charge in [0.05, 0.1) is 6.54 Å². The van der Waals surface area contributed by atoms with Crippen LogP contribution in [-0.2, 0) is 4.79 Å². The van der Waals surface area contributed by atoms with E-state index in [-0.39, 0.29) is 24.9 Å². The van der Waals surface area contributed by atoms with Crippen LogP contribution in [0.1, 0.15) is 30.1 Å². The zero-order valence-electron chi connectivity index (χ0n) is 11.0. The van der Waals surface area contributed by atoms with Gasteiger partial charge in [0.1, 0.15) is 0 Å². The normalized spacial score (nSPS) is 9.53. The number of benzene rings is 1. The van der Waals surface area contributed by atoms with Crippen LogP contribution in [0.2, 0.25) is 0 Å². The minimum atomic E-state index is -0.505. The van der Waals surface area contributed by atoms with E-state index in [1.807, 2.05) is 6.92 Å².